The van der Waals surface area contributed by atoms with Crippen molar-refractivity contribution in [2.45, 2.75) is 123 Å². The molecule has 0 radical (unpaired) electrons. The lowest BCUT2D eigenvalue weighted by atomic mass is 10.1. The fourth-order valence-electron chi connectivity index (χ4n) is 7.98. The van der Waals surface area contributed by atoms with Crippen molar-refractivity contribution >= 4 is 39.4 Å². The van der Waals surface area contributed by atoms with Crippen molar-refractivity contribution < 1.29 is 56.9 Å². The molecule has 18 nitrogen and oxygen atoms in total. The molecule has 18 heteroatoms. The lowest BCUT2D eigenvalue weighted by molar-refractivity contribution is -0.155. The van der Waals surface area contributed by atoms with Gasteiger partial charge in [-0.3, -0.25) is 9.69 Å². The second kappa shape index (κ2) is 40.0. The molecular formula is C55H96N6O12. The number of H-pyrrole nitrogens is 1. The Morgan fingerprint density at radius 3 is 1.38 bits per heavy atom. The van der Waals surface area contributed by atoms with Gasteiger partial charge in [-0.25, -0.2) is 9.97 Å². The Labute approximate surface area is 437 Å². The van der Waals surface area contributed by atoms with Crippen LogP contribution in [0.15, 0.2) is 18.2 Å². The summed E-state index contributed by atoms with van der Waals surface area (Å²) in [6.45, 7) is 26.4. The molecule has 73 heavy (non-hydrogen) atoms. The number of nitrogens with zero attached hydrogens (tertiary/aromatic N) is 4. The maximum Gasteiger partial charge on any atom is 0.306 e. The number of nitrogens with two attached hydrogens (primary N) is 1. The van der Waals surface area contributed by atoms with E-state index in [2.05, 4.69) is 39.9 Å². The van der Waals surface area contributed by atoms with E-state index in [9.17, 15) is 4.79 Å². The molecule has 1 fully saturated rings. The highest BCUT2D eigenvalue weighted by Gasteiger charge is 2.19. The third-order valence-electron chi connectivity index (χ3n) is 11.8. The number of carbonyl (C=O) groups is 1. The Hall–Kier alpha value is -3.27. The summed E-state index contributed by atoms with van der Waals surface area (Å²) in [5.74, 6) is 1.31. The van der Waals surface area contributed by atoms with Gasteiger partial charge in [0.15, 0.2) is 0 Å². The summed E-state index contributed by atoms with van der Waals surface area (Å²) < 4.78 is 62.4. The number of hydrogen-bond donors (Lipinski definition) is 2. The molecule has 0 atom stereocenters. The number of aromatic nitrogens is 3. The van der Waals surface area contributed by atoms with E-state index in [1.807, 2.05) is 20.8 Å². The van der Waals surface area contributed by atoms with Gasteiger partial charge >= 0.3 is 5.97 Å². The number of nitrogens with one attached hydrogen (secondary N) is 1. The van der Waals surface area contributed by atoms with Gasteiger partial charge in [0.1, 0.15) is 28.3 Å². The minimum Gasteiger partial charge on any atom is -0.460 e. The topological polar surface area (TPSA) is 193 Å². The number of carbonyl (C=O) groups excluding carboxylic acids is 1. The number of imidazole rings is 1. The third kappa shape index (κ3) is 29.6. The molecule has 1 saturated heterocycles. The van der Waals surface area contributed by atoms with Gasteiger partial charge in [0, 0.05) is 182 Å². The number of fused-ring (bicyclic) bond motifs is 3. The molecule has 0 bridgehead atoms. The van der Waals surface area contributed by atoms with E-state index in [0.717, 1.165) is 144 Å². The number of aromatic amines is 1. The second-order valence-corrected chi connectivity index (χ2v) is 19.5. The monoisotopic (exact) mass is 1030 g/mol. The van der Waals surface area contributed by atoms with E-state index in [0.29, 0.717) is 144 Å². The number of hydrogen-bond acceptors (Lipinski definition) is 17. The SMILES string of the molecule is CCCCc1nc2c([nH]1)c(N)nc1cc(N3CCN(CCOCCCOCCCOCCCOCCCOCCCOCCCOCCCOCCCOCCCOCCCC(=O)OC(C)(C)C)CC3)ccc12. The summed E-state index contributed by atoms with van der Waals surface area (Å²) in [5.41, 5.74) is 9.75. The van der Waals surface area contributed by atoms with Crippen LogP contribution in [0.2, 0.25) is 0 Å². The van der Waals surface area contributed by atoms with Crippen molar-refractivity contribution in [1.29, 1.82) is 0 Å². The van der Waals surface area contributed by atoms with Gasteiger partial charge in [-0.15, -0.1) is 0 Å². The first-order chi connectivity index (χ1) is 35.7. The molecule has 0 unspecified atom stereocenters. The van der Waals surface area contributed by atoms with Gasteiger partial charge in [-0.1, -0.05) is 13.3 Å². The zero-order valence-electron chi connectivity index (χ0n) is 45.6. The fraction of sp³-hybridized carbons (Fsp3) is 0.800. The van der Waals surface area contributed by atoms with E-state index >= 15 is 0 Å². The number of aryl methyl sites for hydroxylation is 1. The summed E-state index contributed by atoms with van der Waals surface area (Å²) in [6.07, 6.45) is 12.1. The summed E-state index contributed by atoms with van der Waals surface area (Å²) in [6, 6.07) is 6.49. The summed E-state index contributed by atoms with van der Waals surface area (Å²) >= 11 is 0. The highest BCUT2D eigenvalue weighted by Crippen LogP contribution is 2.30. The molecular weight excluding hydrogens is 937 g/mol. The van der Waals surface area contributed by atoms with Crippen molar-refractivity contribution in [3.63, 3.8) is 0 Å². The number of unbranched alkanes of at least 4 members (excludes halogenated alkanes) is 1. The van der Waals surface area contributed by atoms with Gasteiger partial charge in [0.05, 0.1) is 12.1 Å². The van der Waals surface area contributed by atoms with Crippen LogP contribution in [0, 0.1) is 0 Å². The number of nitrogen functional groups attached to an aromatic ring is 1. The van der Waals surface area contributed by atoms with Crippen LogP contribution in [0.25, 0.3) is 21.9 Å². The Bertz CT molecular complexity index is 1820. The first kappa shape index (κ1) is 62.3. The maximum atomic E-state index is 11.7. The zero-order chi connectivity index (χ0) is 51.9. The molecule has 1 aliphatic heterocycles. The van der Waals surface area contributed by atoms with Crippen LogP contribution in [0.4, 0.5) is 11.5 Å². The van der Waals surface area contributed by atoms with Gasteiger partial charge in [-0.2, -0.15) is 0 Å². The molecule has 0 saturated carbocycles. The molecule has 0 spiro atoms. The van der Waals surface area contributed by atoms with E-state index in [-0.39, 0.29) is 5.97 Å². The zero-order valence-corrected chi connectivity index (χ0v) is 45.6. The molecule has 3 N–H and O–H groups in total. The summed E-state index contributed by atoms with van der Waals surface area (Å²) in [4.78, 5) is 29.6. The normalized spacial score (nSPS) is 13.6. The van der Waals surface area contributed by atoms with Crippen molar-refractivity contribution in [3.8, 4) is 0 Å². The molecule has 0 amide bonds. The first-order valence-corrected chi connectivity index (χ1v) is 27.8. The van der Waals surface area contributed by atoms with Crippen molar-refractivity contribution in [2.75, 3.05) is 175 Å². The predicted molar refractivity (Wildman–Crippen MR) is 288 cm³/mol. The van der Waals surface area contributed by atoms with E-state index in [4.69, 9.17) is 67.8 Å². The average Bonchev–Trinajstić information content (AvgIpc) is 3.82. The van der Waals surface area contributed by atoms with Gasteiger partial charge in [0.25, 0.3) is 0 Å². The third-order valence-corrected chi connectivity index (χ3v) is 11.8. The van der Waals surface area contributed by atoms with Gasteiger partial charge in [0.2, 0.25) is 0 Å². The molecule has 0 aliphatic carbocycles. The average molecular weight is 1030 g/mol. The lowest BCUT2D eigenvalue weighted by Gasteiger charge is -2.36. The number of ether oxygens (including phenoxy) is 11. The lowest BCUT2D eigenvalue weighted by Crippen LogP contribution is -2.47. The minimum atomic E-state index is -0.436. The molecule has 3 aromatic rings. The van der Waals surface area contributed by atoms with E-state index in [1.165, 1.54) is 5.69 Å². The van der Waals surface area contributed by atoms with Crippen molar-refractivity contribution in [2.24, 2.45) is 0 Å². The quantitative estimate of drug-likeness (QED) is 0.0409. The van der Waals surface area contributed by atoms with E-state index in [1.54, 1.807) is 0 Å². The van der Waals surface area contributed by atoms with Crippen LogP contribution in [-0.4, -0.2) is 196 Å². The smallest absolute Gasteiger partial charge is 0.306 e. The van der Waals surface area contributed by atoms with Crippen LogP contribution in [-0.2, 0) is 63.3 Å². The number of rotatable bonds is 47. The highest BCUT2D eigenvalue weighted by molar-refractivity contribution is 6.06. The Balaban J connectivity index is 0.779. The van der Waals surface area contributed by atoms with Crippen molar-refractivity contribution in [3.05, 3.63) is 24.0 Å². The van der Waals surface area contributed by atoms with Crippen LogP contribution in [0.1, 0.15) is 117 Å². The maximum absolute atomic E-state index is 11.7. The number of piperazine rings is 1. The number of anilines is 2. The molecule has 418 valence electrons. The largest absolute Gasteiger partial charge is 0.460 e. The van der Waals surface area contributed by atoms with Gasteiger partial charge < -0.3 is 67.7 Å². The molecule has 2 aromatic heterocycles. The predicted octanol–water partition coefficient (Wildman–Crippen LogP) is 7.96. The van der Waals surface area contributed by atoms with Crippen LogP contribution >= 0.6 is 0 Å². The van der Waals surface area contributed by atoms with E-state index < -0.39 is 5.60 Å². The standard InChI is InChI=1S/C55H96N6O12/c1-5-6-17-50-58-52-48-20-19-47(46-49(48)57-54(56)53(52)59-50)61-23-21-60(22-24-61)25-45-72-44-16-43-71-42-15-41-70-40-14-39-69-38-13-37-68-36-12-35-67-34-11-33-66-32-10-31-65-30-9-29-64-28-8-27-63-26-7-18-51(62)73-55(2,3)4/h19-20,46H,5-18,21-45H2,1-4H3,(H2,56,57)(H,58,59). The Morgan fingerprint density at radius 1 is 0.562 bits per heavy atom. The van der Waals surface area contributed by atoms with Gasteiger partial charge in [-0.05, 0) is 110 Å². The summed E-state index contributed by atoms with van der Waals surface area (Å²) in [7, 11) is 0. The fourth-order valence-corrected chi connectivity index (χ4v) is 7.98. The molecule has 4 rings (SSSR count). The molecule has 1 aliphatic rings. The Morgan fingerprint density at radius 2 is 0.973 bits per heavy atom. The minimum absolute atomic E-state index is 0.178. The number of benzene rings is 1. The van der Waals surface area contributed by atoms with Crippen LogP contribution < -0.4 is 10.6 Å². The van der Waals surface area contributed by atoms with Crippen LogP contribution in [0.3, 0.4) is 0 Å². The molecule has 3 heterocycles. The van der Waals surface area contributed by atoms with Crippen LogP contribution in [0.5, 0.6) is 0 Å². The first-order valence-electron chi connectivity index (χ1n) is 27.8. The second-order valence-electron chi connectivity index (χ2n) is 19.5. The number of esters is 1. The Kier molecular flexibility index (Phi) is 34.2. The number of pyridine rings is 1. The summed E-state index contributed by atoms with van der Waals surface area (Å²) in [5, 5.41) is 1.04. The van der Waals surface area contributed by atoms with Crippen molar-refractivity contribution in [1.82, 2.24) is 19.9 Å². The molecule has 1 aromatic carbocycles. The highest BCUT2D eigenvalue weighted by atomic mass is 16.6.